The number of carbonyl (C=O) groups is 1. The summed E-state index contributed by atoms with van der Waals surface area (Å²) in [5.74, 6) is -1.62. The average Bonchev–Trinajstić information content (AvgIpc) is 2.01. The van der Waals surface area contributed by atoms with Crippen molar-refractivity contribution in [3.05, 3.63) is 29.8 Å². The van der Waals surface area contributed by atoms with Crippen molar-refractivity contribution in [1.82, 2.24) is 0 Å². The normalized spacial score (nSPS) is 8.94. The van der Waals surface area contributed by atoms with Crippen LogP contribution in [0.15, 0.2) is 24.3 Å². The number of para-hydroxylation sites is 1. The van der Waals surface area contributed by atoms with Gasteiger partial charge in [-0.05, 0) is 6.07 Å². The molecule has 0 unspecified atom stereocenters. The van der Waals surface area contributed by atoms with E-state index in [1.165, 1.54) is 24.3 Å². The van der Waals surface area contributed by atoms with Gasteiger partial charge in [0.05, 0.1) is 5.56 Å². The maximum atomic E-state index is 10.7. The summed E-state index contributed by atoms with van der Waals surface area (Å²) in [5.41, 5.74) is -0.178. The Kier molecular flexibility index (Phi) is 15.3. The molecule has 7 nitrogen and oxygen atoms in total. The van der Waals surface area contributed by atoms with Crippen LogP contribution in [0.4, 0.5) is 0 Å². The number of carboxylic acid groups (broad SMARTS) is 1. The third kappa shape index (κ3) is 15.2. The molecule has 0 aromatic heterocycles. The van der Waals surface area contributed by atoms with Crippen LogP contribution in [0.5, 0.6) is 5.75 Å². The van der Waals surface area contributed by atoms with E-state index in [-0.39, 0.29) is 86.5 Å². The zero-order chi connectivity index (χ0) is 12.1. The second-order valence-corrected chi connectivity index (χ2v) is 2.94. The predicted octanol–water partition coefficient (Wildman–Crippen LogP) is -10.3. The van der Waals surface area contributed by atoms with E-state index in [1.807, 2.05) is 0 Å². The summed E-state index contributed by atoms with van der Waals surface area (Å²) in [7, 11) is -4.94. The molecule has 1 aromatic rings. The third-order valence-electron chi connectivity index (χ3n) is 1.12. The fourth-order valence-corrected chi connectivity index (χ4v) is 0.643. The van der Waals surface area contributed by atoms with Gasteiger partial charge in [-0.3, -0.25) is 0 Å². The van der Waals surface area contributed by atoms with Crippen LogP contribution in [0.3, 0.4) is 0 Å². The number of carboxylic acids is 1. The first-order valence-electron chi connectivity index (χ1n) is 3.33. The fourth-order valence-electron chi connectivity index (χ4n) is 0.643. The van der Waals surface area contributed by atoms with E-state index in [0.29, 0.717) is 0 Å². The van der Waals surface area contributed by atoms with Gasteiger partial charge in [-0.1, -0.05) is 23.9 Å². The SMILES string of the molecule is O=C(O)c1ccccc1[O-].[K+].[Na+].[O-][Cl+3]([O-])([O-])[O-]. The van der Waals surface area contributed by atoms with Crippen molar-refractivity contribution >= 4 is 5.97 Å². The van der Waals surface area contributed by atoms with Crippen molar-refractivity contribution < 1.29 is 125 Å². The summed E-state index contributed by atoms with van der Waals surface area (Å²) in [6, 6.07) is 5.54. The number of rotatable bonds is 1. The summed E-state index contributed by atoms with van der Waals surface area (Å²) < 4.78 is 34.0. The van der Waals surface area contributed by atoms with Gasteiger partial charge in [0.1, 0.15) is 0 Å². The predicted molar refractivity (Wildman–Crippen MR) is 32.8 cm³/mol. The first kappa shape index (κ1) is 23.4. The second kappa shape index (κ2) is 11.1. The summed E-state index contributed by atoms with van der Waals surface area (Å²) in [5, 5.41) is 19.0. The van der Waals surface area contributed by atoms with E-state index >= 15 is 0 Å². The van der Waals surface area contributed by atoms with Crippen LogP contribution in [-0.2, 0) is 0 Å². The topological polar surface area (TPSA) is 153 Å². The Morgan fingerprint density at radius 3 is 1.71 bits per heavy atom. The molecule has 0 saturated carbocycles. The number of hydrogen-bond acceptors (Lipinski definition) is 6. The van der Waals surface area contributed by atoms with Crippen molar-refractivity contribution in [2.75, 3.05) is 0 Å². The van der Waals surface area contributed by atoms with Crippen molar-refractivity contribution in [3.8, 4) is 5.75 Å². The zero-order valence-electron chi connectivity index (χ0n) is 9.08. The monoisotopic (exact) mass is 298 g/mol. The van der Waals surface area contributed by atoms with Crippen LogP contribution in [0, 0.1) is 10.2 Å². The van der Waals surface area contributed by atoms with Crippen LogP contribution in [0.2, 0.25) is 0 Å². The summed E-state index contributed by atoms with van der Waals surface area (Å²) in [4.78, 5) is 10.2. The molecule has 1 rings (SSSR count). The molecule has 0 fully saturated rings. The molecule has 0 aliphatic carbocycles. The Morgan fingerprint density at radius 2 is 1.47 bits per heavy atom. The first-order chi connectivity index (χ1) is 6.72. The maximum Gasteiger partial charge on any atom is 1.00 e. The van der Waals surface area contributed by atoms with Gasteiger partial charge >= 0.3 is 86.9 Å². The number of aromatic carboxylic acids is 1. The molecule has 0 aliphatic rings. The van der Waals surface area contributed by atoms with Gasteiger partial charge in [0, 0.05) is 0 Å². The van der Waals surface area contributed by atoms with Crippen molar-refractivity contribution in [1.29, 1.82) is 0 Å². The van der Waals surface area contributed by atoms with E-state index < -0.39 is 22.0 Å². The first-order valence-corrected chi connectivity index (χ1v) is 4.56. The third-order valence-corrected chi connectivity index (χ3v) is 1.12. The molecule has 1 N–H and O–H groups in total. The quantitative estimate of drug-likeness (QED) is 0.505. The Bertz CT molecular complexity index is 337. The van der Waals surface area contributed by atoms with Gasteiger partial charge < -0.3 is 10.2 Å². The van der Waals surface area contributed by atoms with Crippen LogP contribution in [0.25, 0.3) is 0 Å². The minimum absolute atomic E-state index is 0. The van der Waals surface area contributed by atoms with Gasteiger partial charge in [0.25, 0.3) is 0 Å². The molecule has 84 valence electrons. The maximum absolute atomic E-state index is 10.7. The number of benzene rings is 1. The molecule has 10 heteroatoms. The van der Waals surface area contributed by atoms with E-state index in [1.54, 1.807) is 0 Å². The Morgan fingerprint density at radius 1 is 1.12 bits per heavy atom. The van der Waals surface area contributed by atoms with E-state index in [4.69, 9.17) is 23.7 Å². The van der Waals surface area contributed by atoms with Crippen molar-refractivity contribution in [2.45, 2.75) is 0 Å². The summed E-state index contributed by atoms with van der Waals surface area (Å²) >= 11 is 0. The average molecular weight is 299 g/mol. The molecule has 0 aliphatic heterocycles. The zero-order valence-corrected chi connectivity index (χ0v) is 15.0. The van der Waals surface area contributed by atoms with Crippen LogP contribution in [0.1, 0.15) is 10.4 Å². The van der Waals surface area contributed by atoms with Gasteiger partial charge in [0.2, 0.25) is 0 Å². The van der Waals surface area contributed by atoms with E-state index in [0.717, 1.165) is 0 Å². The largest absolute Gasteiger partial charge is 1.00 e. The molecule has 0 radical (unpaired) electrons. The smallest absolute Gasteiger partial charge is 0.872 e. The Labute approximate surface area is 164 Å². The molecular formula is C7H5ClKNaO7. The Balaban J connectivity index is -0.000000247. The molecule has 0 spiro atoms. The molecule has 17 heavy (non-hydrogen) atoms. The minimum Gasteiger partial charge on any atom is -0.872 e. The number of hydrogen-bond donors (Lipinski definition) is 1. The van der Waals surface area contributed by atoms with Gasteiger partial charge in [-0.25, -0.2) is 23.4 Å². The Hall–Kier alpha value is 1.26. The minimum atomic E-state index is -4.94. The van der Waals surface area contributed by atoms with E-state index in [9.17, 15) is 9.90 Å². The molecular weight excluding hydrogens is 294 g/mol. The van der Waals surface area contributed by atoms with Crippen molar-refractivity contribution in [2.24, 2.45) is 0 Å². The molecule has 0 saturated heterocycles. The summed E-state index contributed by atoms with van der Waals surface area (Å²) in [6.07, 6.45) is 0. The van der Waals surface area contributed by atoms with Gasteiger partial charge in [-0.2, -0.15) is 0 Å². The molecule has 0 heterocycles. The van der Waals surface area contributed by atoms with Gasteiger partial charge in [-0.15, -0.1) is 10.2 Å². The molecule has 0 bridgehead atoms. The molecule has 0 atom stereocenters. The number of halogens is 1. The fraction of sp³-hybridized carbons (Fsp3) is 0. The van der Waals surface area contributed by atoms with Crippen LogP contribution >= 0.6 is 0 Å². The van der Waals surface area contributed by atoms with Crippen LogP contribution in [-0.4, -0.2) is 11.1 Å². The van der Waals surface area contributed by atoms with E-state index in [2.05, 4.69) is 0 Å². The standard InChI is InChI=1S/C7H6O3.ClHO4.K.Na/c8-6-4-2-1-3-5(6)7(9)10;2-1(3,4)5;;/h1-4,8H,(H,9,10);(H,2,3,4,5);;/q;;2*+1/p-2. The van der Waals surface area contributed by atoms with Gasteiger partial charge in [0.15, 0.2) is 0 Å². The van der Waals surface area contributed by atoms with Crippen LogP contribution < -0.4 is 105 Å². The second-order valence-electron chi connectivity index (χ2n) is 2.18. The summed E-state index contributed by atoms with van der Waals surface area (Å²) in [6.45, 7) is 0. The van der Waals surface area contributed by atoms with Crippen molar-refractivity contribution in [3.63, 3.8) is 0 Å². The molecule has 1 aromatic carbocycles. The molecule has 0 amide bonds.